The molecule has 1 amide bonds. The predicted octanol–water partition coefficient (Wildman–Crippen LogP) is -2.78. The summed E-state index contributed by atoms with van der Waals surface area (Å²) in [6, 6.07) is 5.55. The van der Waals surface area contributed by atoms with Crippen LogP contribution < -0.4 is 40.0 Å². The Kier molecular flexibility index (Phi) is 4.93. The molecule has 1 aromatic rings. The molecule has 1 N–H and O–H groups in total. The van der Waals surface area contributed by atoms with Crippen molar-refractivity contribution in [2.24, 2.45) is 0 Å². The van der Waals surface area contributed by atoms with Crippen LogP contribution in [0.3, 0.4) is 0 Å². The van der Waals surface area contributed by atoms with Gasteiger partial charge >= 0.3 is 29.6 Å². The fraction of sp³-hybridized carbons (Fsp3) is 0.300. The zero-order valence-electron chi connectivity index (χ0n) is 10.1. The van der Waals surface area contributed by atoms with E-state index in [9.17, 15) is 17.8 Å². The van der Waals surface area contributed by atoms with Gasteiger partial charge in [0.2, 0.25) is 5.91 Å². The number of hydrazine groups is 1. The Hall–Kier alpha value is -0.440. The third-order valence-electron chi connectivity index (χ3n) is 2.46. The van der Waals surface area contributed by atoms with Crippen LogP contribution in [0.15, 0.2) is 29.2 Å². The molecule has 0 spiro atoms. The molecule has 1 aromatic carbocycles. The second kappa shape index (κ2) is 5.68. The second-order valence-corrected chi connectivity index (χ2v) is 5.23. The van der Waals surface area contributed by atoms with Gasteiger partial charge in [-0.2, -0.15) is 0 Å². The van der Waals surface area contributed by atoms with Gasteiger partial charge in [0.15, 0.2) is 0 Å². The topological polar surface area (TPSA) is 89.5 Å². The largest absolute Gasteiger partial charge is 1.00 e. The zero-order chi connectivity index (χ0) is 12.6. The van der Waals surface area contributed by atoms with E-state index < -0.39 is 15.0 Å². The van der Waals surface area contributed by atoms with Crippen molar-refractivity contribution in [2.75, 3.05) is 5.01 Å². The normalized spacial score (nSPS) is 19.8. The summed E-state index contributed by atoms with van der Waals surface area (Å²) in [4.78, 5) is 11.2. The number of nitrogens with zero attached hydrogens (tertiary/aromatic N) is 1. The summed E-state index contributed by atoms with van der Waals surface area (Å²) in [6.07, 6.45) is 0.271. The zero-order valence-corrected chi connectivity index (χ0v) is 12.9. The minimum absolute atomic E-state index is 0. The van der Waals surface area contributed by atoms with E-state index >= 15 is 0 Å². The Labute approximate surface area is 127 Å². The van der Waals surface area contributed by atoms with Crippen LogP contribution in [0.1, 0.15) is 13.3 Å². The first-order valence-electron chi connectivity index (χ1n) is 5.03. The number of carbonyl (C=O) groups excluding carboxylic acids is 1. The van der Waals surface area contributed by atoms with Gasteiger partial charge in [-0.15, -0.1) is 0 Å². The molecule has 0 aliphatic carbocycles. The molecule has 1 fully saturated rings. The second-order valence-electron chi connectivity index (χ2n) is 3.89. The van der Waals surface area contributed by atoms with E-state index in [2.05, 4.69) is 5.43 Å². The van der Waals surface area contributed by atoms with Crippen LogP contribution in [0.4, 0.5) is 5.69 Å². The number of carbonyl (C=O) groups is 1. The van der Waals surface area contributed by atoms with E-state index in [1.807, 2.05) is 0 Å². The first kappa shape index (κ1) is 15.6. The molecule has 1 unspecified atom stereocenters. The molecule has 1 aliphatic rings. The van der Waals surface area contributed by atoms with Crippen molar-refractivity contribution in [1.29, 1.82) is 0 Å². The van der Waals surface area contributed by atoms with Crippen LogP contribution in [0, 0.1) is 0 Å². The minimum atomic E-state index is -4.60. The Bertz CT molecular complexity index is 561. The van der Waals surface area contributed by atoms with Gasteiger partial charge in [0.05, 0.1) is 10.6 Å². The van der Waals surface area contributed by atoms with Crippen LogP contribution in [-0.2, 0) is 14.9 Å². The molecule has 0 saturated carbocycles. The van der Waals surface area contributed by atoms with E-state index in [-0.39, 0.29) is 53.6 Å². The average Bonchev–Trinajstić information content (AvgIpc) is 2.56. The molecule has 1 atom stereocenters. The molecule has 92 valence electrons. The number of nitrogens with one attached hydrogen (secondary N) is 1. The van der Waals surface area contributed by atoms with E-state index in [0.717, 1.165) is 5.01 Å². The summed E-state index contributed by atoms with van der Waals surface area (Å²) in [5, 5.41) is 1.12. The van der Waals surface area contributed by atoms with E-state index in [0.29, 0.717) is 0 Å². The fourth-order valence-electron chi connectivity index (χ4n) is 1.75. The maximum atomic E-state index is 11.6. The molecule has 1 aliphatic heterocycles. The van der Waals surface area contributed by atoms with Crippen LogP contribution >= 0.6 is 0 Å². The Morgan fingerprint density at radius 1 is 1.39 bits per heavy atom. The van der Waals surface area contributed by atoms with E-state index in [1.54, 1.807) is 13.0 Å². The minimum Gasteiger partial charge on any atom is -0.744 e. The van der Waals surface area contributed by atoms with Crippen molar-refractivity contribution < 1.29 is 47.3 Å². The van der Waals surface area contributed by atoms with Crippen LogP contribution in [-0.4, -0.2) is 24.9 Å². The van der Waals surface area contributed by atoms with Crippen molar-refractivity contribution in [1.82, 2.24) is 5.43 Å². The summed E-state index contributed by atoms with van der Waals surface area (Å²) < 4.78 is 33.2. The average molecular weight is 278 g/mol. The quantitative estimate of drug-likeness (QED) is 0.467. The van der Waals surface area contributed by atoms with Gasteiger partial charge in [0.25, 0.3) is 0 Å². The third kappa shape index (κ3) is 3.11. The number of para-hydroxylation sites is 1. The molecular formula is C10H11N2NaO4S. The number of amides is 1. The smallest absolute Gasteiger partial charge is 0.744 e. The Morgan fingerprint density at radius 2 is 2.00 bits per heavy atom. The van der Waals surface area contributed by atoms with Crippen LogP contribution in [0.25, 0.3) is 0 Å². The van der Waals surface area contributed by atoms with Gasteiger partial charge < -0.3 is 4.55 Å². The molecule has 18 heavy (non-hydrogen) atoms. The van der Waals surface area contributed by atoms with Gasteiger partial charge in [-0.1, -0.05) is 12.1 Å². The molecule has 2 rings (SSSR count). The van der Waals surface area contributed by atoms with Gasteiger partial charge in [-0.25, -0.2) is 18.9 Å². The van der Waals surface area contributed by atoms with Crippen molar-refractivity contribution in [2.45, 2.75) is 24.3 Å². The molecule has 0 aromatic heterocycles. The van der Waals surface area contributed by atoms with Crippen molar-refractivity contribution in [3.8, 4) is 0 Å². The number of rotatable bonds is 2. The summed E-state index contributed by atoms with van der Waals surface area (Å²) in [7, 11) is -4.60. The summed E-state index contributed by atoms with van der Waals surface area (Å²) in [5.41, 5.74) is 2.89. The third-order valence-corrected chi connectivity index (χ3v) is 3.34. The number of benzene rings is 1. The number of hydrogen-bond donors (Lipinski definition) is 1. The maximum absolute atomic E-state index is 11.6. The molecule has 8 heteroatoms. The molecule has 6 nitrogen and oxygen atoms in total. The summed E-state index contributed by atoms with van der Waals surface area (Å²) in [5.74, 6) is -0.256. The van der Waals surface area contributed by atoms with Gasteiger partial charge in [-0.05, 0) is 19.1 Å². The van der Waals surface area contributed by atoms with Crippen LogP contribution in [0.5, 0.6) is 0 Å². The predicted molar refractivity (Wildman–Crippen MR) is 59.1 cm³/mol. The van der Waals surface area contributed by atoms with Crippen molar-refractivity contribution in [3.05, 3.63) is 24.3 Å². The number of anilines is 1. The molecular weight excluding hydrogens is 267 g/mol. The Balaban J connectivity index is 0.00000162. The Morgan fingerprint density at radius 3 is 2.50 bits per heavy atom. The molecule has 1 heterocycles. The standard InChI is InChI=1S/C10H12N2O4S.Na/c1-7-6-10(13)12(11-7)8-4-2-3-5-9(8)17(14,15)16;/h2-5,7,11H,6H2,1H3,(H,14,15,16);/q;+1/p-1. The van der Waals surface area contributed by atoms with Gasteiger partial charge in [0.1, 0.15) is 10.1 Å². The van der Waals surface area contributed by atoms with Gasteiger partial charge in [-0.3, -0.25) is 4.79 Å². The number of hydrogen-bond acceptors (Lipinski definition) is 5. The molecule has 0 bridgehead atoms. The van der Waals surface area contributed by atoms with Gasteiger partial charge in [0, 0.05) is 12.5 Å². The first-order valence-corrected chi connectivity index (χ1v) is 6.44. The first-order chi connectivity index (χ1) is 7.89. The maximum Gasteiger partial charge on any atom is 1.00 e. The van der Waals surface area contributed by atoms with Crippen molar-refractivity contribution >= 4 is 21.7 Å². The fourth-order valence-corrected chi connectivity index (χ4v) is 2.41. The monoisotopic (exact) mass is 278 g/mol. The molecule has 1 saturated heterocycles. The summed E-state index contributed by atoms with van der Waals surface area (Å²) >= 11 is 0. The van der Waals surface area contributed by atoms with E-state index in [4.69, 9.17) is 0 Å². The van der Waals surface area contributed by atoms with E-state index in [1.165, 1.54) is 18.2 Å². The SMILES string of the molecule is CC1CC(=O)N(c2ccccc2S(=O)(=O)[O-])N1.[Na+]. The van der Waals surface area contributed by atoms with Crippen molar-refractivity contribution in [3.63, 3.8) is 0 Å². The van der Waals surface area contributed by atoms with Crippen LogP contribution in [0.2, 0.25) is 0 Å². The molecule has 0 radical (unpaired) electrons. The summed E-state index contributed by atoms with van der Waals surface area (Å²) in [6.45, 7) is 1.80.